The van der Waals surface area contributed by atoms with Crippen LogP contribution >= 0.6 is 15.9 Å². The van der Waals surface area contributed by atoms with Gasteiger partial charge in [-0.2, -0.15) is 0 Å². The number of nitrogens with zero attached hydrogens (tertiary/aromatic N) is 1. The van der Waals surface area contributed by atoms with E-state index in [1.165, 1.54) is 24.3 Å². The first-order valence-electron chi connectivity index (χ1n) is 5.51. The van der Waals surface area contributed by atoms with E-state index < -0.39 is 26.5 Å². The van der Waals surface area contributed by atoms with Gasteiger partial charge in [-0.1, -0.05) is 15.9 Å². The average molecular weight is 375 g/mol. The van der Waals surface area contributed by atoms with Crippen molar-refractivity contribution in [1.29, 1.82) is 0 Å². The SMILES string of the molecule is O=[N+]([O-])c1cc(F)cc(NS(=O)(=O)c2ccc(Br)cc2)c1. The summed E-state index contributed by atoms with van der Waals surface area (Å²) in [5.41, 5.74) is -0.756. The topological polar surface area (TPSA) is 89.3 Å². The minimum absolute atomic E-state index is 0.0439. The number of halogens is 2. The lowest BCUT2D eigenvalue weighted by molar-refractivity contribution is -0.385. The van der Waals surface area contributed by atoms with Gasteiger partial charge >= 0.3 is 0 Å². The second-order valence-corrected chi connectivity index (χ2v) is 6.61. The molecule has 0 atom stereocenters. The summed E-state index contributed by atoms with van der Waals surface area (Å²) in [6.07, 6.45) is 0. The van der Waals surface area contributed by atoms with E-state index in [0.29, 0.717) is 10.5 Å². The fourth-order valence-electron chi connectivity index (χ4n) is 1.57. The molecule has 110 valence electrons. The zero-order chi connectivity index (χ0) is 15.6. The van der Waals surface area contributed by atoms with E-state index in [-0.39, 0.29) is 10.6 Å². The van der Waals surface area contributed by atoms with E-state index in [1.807, 2.05) is 0 Å². The second kappa shape index (κ2) is 5.78. The molecule has 1 N–H and O–H groups in total. The van der Waals surface area contributed by atoms with Crippen LogP contribution in [0.25, 0.3) is 0 Å². The van der Waals surface area contributed by atoms with E-state index in [4.69, 9.17) is 0 Å². The van der Waals surface area contributed by atoms with Gasteiger partial charge in [-0.3, -0.25) is 14.8 Å². The van der Waals surface area contributed by atoms with Crippen LogP contribution < -0.4 is 4.72 Å². The molecule has 0 aliphatic heterocycles. The summed E-state index contributed by atoms with van der Waals surface area (Å²) in [4.78, 5) is 9.79. The van der Waals surface area contributed by atoms with Crippen LogP contribution in [0.2, 0.25) is 0 Å². The van der Waals surface area contributed by atoms with Crippen molar-refractivity contribution in [2.45, 2.75) is 4.90 Å². The monoisotopic (exact) mass is 374 g/mol. The summed E-state index contributed by atoms with van der Waals surface area (Å²) in [5.74, 6) is -0.905. The fraction of sp³-hybridized carbons (Fsp3) is 0. The number of hydrogen-bond donors (Lipinski definition) is 1. The first-order valence-corrected chi connectivity index (χ1v) is 7.79. The highest BCUT2D eigenvalue weighted by atomic mass is 79.9. The van der Waals surface area contributed by atoms with Gasteiger partial charge < -0.3 is 0 Å². The number of sulfonamides is 1. The van der Waals surface area contributed by atoms with Gasteiger partial charge in [0.15, 0.2) is 0 Å². The van der Waals surface area contributed by atoms with Gasteiger partial charge in [-0.05, 0) is 30.3 Å². The van der Waals surface area contributed by atoms with Gasteiger partial charge in [0.2, 0.25) is 0 Å². The number of nitrogens with one attached hydrogen (secondary N) is 1. The zero-order valence-electron chi connectivity index (χ0n) is 10.3. The summed E-state index contributed by atoms with van der Waals surface area (Å²) in [6, 6.07) is 8.27. The van der Waals surface area contributed by atoms with E-state index in [9.17, 15) is 22.9 Å². The molecule has 0 unspecified atom stereocenters. The predicted octanol–water partition coefficient (Wildman–Crippen LogP) is 3.30. The smallest absolute Gasteiger partial charge is 0.274 e. The second-order valence-electron chi connectivity index (χ2n) is 4.01. The molecule has 6 nitrogen and oxygen atoms in total. The maximum Gasteiger partial charge on any atom is 0.274 e. The number of benzene rings is 2. The number of non-ortho nitro benzene ring substituents is 1. The van der Waals surface area contributed by atoms with Crippen molar-refractivity contribution in [3.05, 3.63) is 62.9 Å². The molecular formula is C12H8BrFN2O4S. The van der Waals surface area contributed by atoms with Crippen molar-refractivity contribution in [3.8, 4) is 0 Å². The van der Waals surface area contributed by atoms with Gasteiger partial charge in [-0.15, -0.1) is 0 Å². The lowest BCUT2D eigenvalue weighted by atomic mass is 10.3. The molecule has 2 rings (SSSR count). The first-order chi connectivity index (χ1) is 9.78. The van der Waals surface area contributed by atoms with Crippen LogP contribution in [0.5, 0.6) is 0 Å². The quantitative estimate of drug-likeness (QED) is 0.656. The minimum Gasteiger partial charge on any atom is -0.279 e. The minimum atomic E-state index is -3.95. The van der Waals surface area contributed by atoms with E-state index in [0.717, 1.165) is 12.1 Å². The Balaban J connectivity index is 2.36. The lowest BCUT2D eigenvalue weighted by Gasteiger charge is -2.08. The molecule has 0 spiro atoms. The Labute approximate surface area is 127 Å². The van der Waals surface area contributed by atoms with Crippen molar-refractivity contribution in [2.24, 2.45) is 0 Å². The molecule has 0 aliphatic carbocycles. The zero-order valence-corrected chi connectivity index (χ0v) is 12.7. The van der Waals surface area contributed by atoms with Crippen molar-refractivity contribution in [3.63, 3.8) is 0 Å². The predicted molar refractivity (Wildman–Crippen MR) is 78.0 cm³/mol. The Kier molecular flexibility index (Phi) is 4.24. The number of nitro groups is 1. The summed E-state index contributed by atoms with van der Waals surface area (Å²) in [5, 5.41) is 10.6. The van der Waals surface area contributed by atoms with E-state index in [2.05, 4.69) is 20.7 Å². The molecule has 0 radical (unpaired) electrons. The molecule has 0 aromatic heterocycles. The molecule has 9 heteroatoms. The van der Waals surface area contributed by atoms with Gasteiger partial charge in [0.25, 0.3) is 15.7 Å². The van der Waals surface area contributed by atoms with Crippen molar-refractivity contribution >= 4 is 37.3 Å². The molecule has 0 saturated carbocycles. The Morgan fingerprint density at radius 1 is 1.14 bits per heavy atom. The van der Waals surface area contributed by atoms with Crippen LogP contribution in [-0.2, 0) is 10.0 Å². The van der Waals surface area contributed by atoms with Crippen LogP contribution in [0.4, 0.5) is 15.8 Å². The normalized spacial score (nSPS) is 11.1. The average Bonchev–Trinajstić information content (AvgIpc) is 2.37. The van der Waals surface area contributed by atoms with Crippen LogP contribution in [-0.4, -0.2) is 13.3 Å². The van der Waals surface area contributed by atoms with Crippen molar-refractivity contribution < 1.29 is 17.7 Å². The third kappa shape index (κ3) is 3.76. The highest BCUT2D eigenvalue weighted by Gasteiger charge is 2.17. The molecule has 0 fully saturated rings. The highest BCUT2D eigenvalue weighted by Crippen LogP contribution is 2.23. The van der Waals surface area contributed by atoms with Crippen LogP contribution in [0, 0.1) is 15.9 Å². The number of hydrogen-bond acceptors (Lipinski definition) is 4. The maximum absolute atomic E-state index is 13.3. The van der Waals surface area contributed by atoms with Crippen molar-refractivity contribution in [1.82, 2.24) is 0 Å². The molecule has 21 heavy (non-hydrogen) atoms. The molecule has 0 bridgehead atoms. The molecule has 0 amide bonds. The summed E-state index contributed by atoms with van der Waals surface area (Å²) in [6.45, 7) is 0. The largest absolute Gasteiger partial charge is 0.279 e. The highest BCUT2D eigenvalue weighted by molar-refractivity contribution is 9.10. The molecular weight excluding hydrogens is 367 g/mol. The number of anilines is 1. The van der Waals surface area contributed by atoms with Gasteiger partial charge in [0, 0.05) is 10.5 Å². The fourth-order valence-corrected chi connectivity index (χ4v) is 2.87. The third-order valence-electron chi connectivity index (χ3n) is 2.47. The number of nitro benzene ring substituents is 1. The Morgan fingerprint density at radius 2 is 1.76 bits per heavy atom. The van der Waals surface area contributed by atoms with E-state index >= 15 is 0 Å². The van der Waals surface area contributed by atoms with Crippen molar-refractivity contribution in [2.75, 3.05) is 4.72 Å². The summed E-state index contributed by atoms with van der Waals surface area (Å²) in [7, 11) is -3.95. The molecule has 0 heterocycles. The third-order valence-corrected chi connectivity index (χ3v) is 4.40. The first kappa shape index (κ1) is 15.4. The molecule has 2 aromatic carbocycles. The Morgan fingerprint density at radius 3 is 2.33 bits per heavy atom. The van der Waals surface area contributed by atoms with Gasteiger partial charge in [0.05, 0.1) is 21.6 Å². The summed E-state index contributed by atoms with van der Waals surface area (Å²) >= 11 is 3.17. The number of rotatable bonds is 4. The standard InChI is InChI=1S/C12H8BrFN2O4S/c13-8-1-3-12(4-2-8)21(19,20)15-10-5-9(14)6-11(7-10)16(17)18/h1-7,15H. The molecule has 0 aliphatic rings. The lowest BCUT2D eigenvalue weighted by Crippen LogP contribution is -2.13. The summed E-state index contributed by atoms with van der Waals surface area (Å²) < 4.78 is 40.2. The van der Waals surface area contributed by atoms with Crippen LogP contribution in [0.1, 0.15) is 0 Å². The maximum atomic E-state index is 13.3. The van der Waals surface area contributed by atoms with Gasteiger partial charge in [-0.25, -0.2) is 12.8 Å². The van der Waals surface area contributed by atoms with Crippen LogP contribution in [0.3, 0.4) is 0 Å². The van der Waals surface area contributed by atoms with E-state index in [1.54, 1.807) is 0 Å². The Bertz CT molecular complexity index is 793. The van der Waals surface area contributed by atoms with Gasteiger partial charge in [0.1, 0.15) is 5.82 Å². The van der Waals surface area contributed by atoms with Crippen LogP contribution in [0.15, 0.2) is 51.8 Å². The molecule has 2 aromatic rings. The Hall–Kier alpha value is -2.00. The molecule has 0 saturated heterocycles.